The third-order valence-corrected chi connectivity index (χ3v) is 3.32. The predicted molar refractivity (Wildman–Crippen MR) is 81.1 cm³/mol. The molecule has 0 radical (unpaired) electrons. The van der Waals surface area contributed by atoms with Crippen molar-refractivity contribution in [2.24, 2.45) is 0 Å². The summed E-state index contributed by atoms with van der Waals surface area (Å²) in [5.74, 6) is 0. The molecule has 0 saturated heterocycles. The van der Waals surface area contributed by atoms with Crippen LogP contribution < -0.4 is 5.32 Å². The zero-order valence-electron chi connectivity index (χ0n) is 11.8. The van der Waals surface area contributed by atoms with Crippen LogP contribution in [0.1, 0.15) is 24.2 Å². The van der Waals surface area contributed by atoms with Gasteiger partial charge in [-0.25, -0.2) is 4.68 Å². The highest BCUT2D eigenvalue weighted by atomic mass is 15.3. The molecule has 0 aliphatic carbocycles. The number of benzene rings is 1. The number of aromatic nitrogens is 4. The number of hydrogen-bond acceptors (Lipinski definition) is 4. The van der Waals surface area contributed by atoms with Crippen molar-refractivity contribution in [1.29, 1.82) is 0 Å². The Hall–Kier alpha value is -2.53. The van der Waals surface area contributed by atoms with E-state index < -0.39 is 0 Å². The topological polar surface area (TPSA) is 55.6 Å². The van der Waals surface area contributed by atoms with Crippen LogP contribution in [0.3, 0.4) is 0 Å². The highest BCUT2D eigenvalue weighted by molar-refractivity contribution is 5.35. The van der Waals surface area contributed by atoms with Gasteiger partial charge in [0.2, 0.25) is 0 Å². The fourth-order valence-corrected chi connectivity index (χ4v) is 2.39. The number of rotatable bonds is 5. The van der Waals surface area contributed by atoms with Gasteiger partial charge in [-0.2, -0.15) is 15.3 Å². The van der Waals surface area contributed by atoms with Crippen LogP contribution in [0.15, 0.2) is 61.1 Å². The van der Waals surface area contributed by atoms with Gasteiger partial charge in [0.1, 0.15) is 0 Å². The van der Waals surface area contributed by atoms with Gasteiger partial charge in [0.25, 0.3) is 0 Å². The Balaban J connectivity index is 2.04. The van der Waals surface area contributed by atoms with E-state index in [2.05, 4.69) is 27.5 Å². The first kappa shape index (κ1) is 13.5. The zero-order valence-corrected chi connectivity index (χ0v) is 11.8. The van der Waals surface area contributed by atoms with E-state index >= 15 is 0 Å². The van der Waals surface area contributed by atoms with Gasteiger partial charge in [-0.05, 0) is 36.4 Å². The molecule has 3 aromatic rings. The van der Waals surface area contributed by atoms with Crippen LogP contribution in [0.4, 0.5) is 0 Å². The summed E-state index contributed by atoms with van der Waals surface area (Å²) in [6, 6.07) is 14.2. The van der Waals surface area contributed by atoms with Crippen LogP contribution in [0.25, 0.3) is 5.69 Å². The first-order valence-corrected chi connectivity index (χ1v) is 6.99. The molecule has 5 heteroatoms. The van der Waals surface area contributed by atoms with Crippen molar-refractivity contribution < 1.29 is 0 Å². The van der Waals surface area contributed by atoms with E-state index in [0.29, 0.717) is 0 Å². The Morgan fingerprint density at radius 1 is 1.05 bits per heavy atom. The summed E-state index contributed by atoms with van der Waals surface area (Å²) >= 11 is 0. The molecule has 21 heavy (non-hydrogen) atoms. The third-order valence-electron chi connectivity index (χ3n) is 3.32. The molecule has 0 fully saturated rings. The first-order chi connectivity index (χ1) is 10.4. The van der Waals surface area contributed by atoms with Crippen LogP contribution in [-0.4, -0.2) is 26.5 Å². The molecular formula is C16H17N5. The maximum absolute atomic E-state index is 4.46. The summed E-state index contributed by atoms with van der Waals surface area (Å²) in [6.07, 6.45) is 5.32. The lowest BCUT2D eigenvalue weighted by Crippen LogP contribution is -2.24. The largest absolute Gasteiger partial charge is 0.305 e. The lowest BCUT2D eigenvalue weighted by Gasteiger charge is -2.19. The first-order valence-electron chi connectivity index (χ1n) is 6.99. The second kappa shape index (κ2) is 6.28. The number of para-hydroxylation sites is 1. The summed E-state index contributed by atoms with van der Waals surface area (Å²) in [5, 5.41) is 15.8. The summed E-state index contributed by atoms with van der Waals surface area (Å²) in [6.45, 7) is 2.94. The maximum atomic E-state index is 4.46. The van der Waals surface area contributed by atoms with Crippen molar-refractivity contribution in [2.45, 2.75) is 13.0 Å². The smallest absolute Gasteiger partial charge is 0.0768 e. The van der Waals surface area contributed by atoms with Gasteiger partial charge in [-0.15, -0.1) is 0 Å². The van der Waals surface area contributed by atoms with E-state index in [-0.39, 0.29) is 6.04 Å². The highest BCUT2D eigenvalue weighted by Gasteiger charge is 2.18. The summed E-state index contributed by atoms with van der Waals surface area (Å²) in [5.41, 5.74) is 3.20. The van der Waals surface area contributed by atoms with Gasteiger partial charge in [0.15, 0.2) is 0 Å². The van der Waals surface area contributed by atoms with E-state index in [1.807, 2.05) is 53.3 Å². The Morgan fingerprint density at radius 3 is 2.62 bits per heavy atom. The molecule has 1 N–H and O–H groups in total. The molecule has 5 nitrogen and oxygen atoms in total. The lowest BCUT2D eigenvalue weighted by atomic mass is 10.1. The lowest BCUT2D eigenvalue weighted by molar-refractivity contribution is 0.590. The third kappa shape index (κ3) is 2.83. The molecule has 0 amide bonds. The van der Waals surface area contributed by atoms with E-state index in [0.717, 1.165) is 23.5 Å². The van der Waals surface area contributed by atoms with E-state index in [1.165, 1.54) is 0 Å². The number of nitrogens with one attached hydrogen (secondary N) is 1. The standard InChI is InChI=1S/C16H17N5/c1-2-17-16(13-8-10-18-19-12-13)15-9-11-20-21(15)14-6-4-3-5-7-14/h3-12,16-17H,2H2,1H3. The van der Waals surface area contributed by atoms with Crippen LogP contribution in [-0.2, 0) is 0 Å². The molecule has 2 heterocycles. The van der Waals surface area contributed by atoms with E-state index in [9.17, 15) is 0 Å². The maximum Gasteiger partial charge on any atom is 0.0768 e. The zero-order chi connectivity index (χ0) is 14.5. The van der Waals surface area contributed by atoms with Crippen molar-refractivity contribution in [2.75, 3.05) is 6.54 Å². The SMILES string of the molecule is CCNC(c1ccnnc1)c1ccnn1-c1ccccc1. The molecule has 0 aliphatic heterocycles. The molecule has 0 saturated carbocycles. The predicted octanol–water partition coefficient (Wildman–Crippen LogP) is 2.36. The Labute approximate surface area is 123 Å². The van der Waals surface area contributed by atoms with Crippen LogP contribution in [0.5, 0.6) is 0 Å². The van der Waals surface area contributed by atoms with Gasteiger partial charge >= 0.3 is 0 Å². The van der Waals surface area contributed by atoms with Crippen LogP contribution >= 0.6 is 0 Å². The average Bonchev–Trinajstić information content (AvgIpc) is 3.03. The van der Waals surface area contributed by atoms with Gasteiger partial charge in [-0.3, -0.25) is 0 Å². The minimum absolute atomic E-state index is 0.0354. The molecule has 1 unspecified atom stereocenters. The fraction of sp³-hybridized carbons (Fsp3) is 0.188. The van der Waals surface area contributed by atoms with Gasteiger partial charge < -0.3 is 5.32 Å². The van der Waals surface area contributed by atoms with Crippen LogP contribution in [0.2, 0.25) is 0 Å². The molecule has 0 bridgehead atoms. The summed E-state index contributed by atoms with van der Waals surface area (Å²) in [4.78, 5) is 0. The van der Waals surface area contributed by atoms with Gasteiger partial charge in [0.05, 0.1) is 23.6 Å². The van der Waals surface area contributed by atoms with E-state index in [1.54, 1.807) is 12.4 Å². The molecule has 0 aliphatic rings. The van der Waals surface area contributed by atoms with Crippen LogP contribution in [0, 0.1) is 0 Å². The average molecular weight is 279 g/mol. The summed E-state index contributed by atoms with van der Waals surface area (Å²) in [7, 11) is 0. The van der Waals surface area contributed by atoms with Crippen molar-refractivity contribution in [1.82, 2.24) is 25.3 Å². The molecule has 3 rings (SSSR count). The Bertz CT molecular complexity index is 678. The minimum atomic E-state index is 0.0354. The molecule has 106 valence electrons. The Kier molecular flexibility index (Phi) is 4.02. The number of hydrogen-bond donors (Lipinski definition) is 1. The molecule has 2 aromatic heterocycles. The minimum Gasteiger partial charge on any atom is -0.305 e. The van der Waals surface area contributed by atoms with Crippen molar-refractivity contribution in [3.8, 4) is 5.69 Å². The molecular weight excluding hydrogens is 262 g/mol. The van der Waals surface area contributed by atoms with E-state index in [4.69, 9.17) is 0 Å². The van der Waals surface area contributed by atoms with Crippen molar-refractivity contribution >= 4 is 0 Å². The fourth-order valence-electron chi connectivity index (χ4n) is 2.39. The normalized spacial score (nSPS) is 12.2. The quantitative estimate of drug-likeness (QED) is 0.779. The molecule has 0 spiro atoms. The second-order valence-corrected chi connectivity index (χ2v) is 4.67. The number of nitrogens with zero attached hydrogens (tertiary/aromatic N) is 4. The Morgan fingerprint density at radius 2 is 1.90 bits per heavy atom. The molecule has 1 atom stereocenters. The monoisotopic (exact) mass is 279 g/mol. The second-order valence-electron chi connectivity index (χ2n) is 4.67. The highest BCUT2D eigenvalue weighted by Crippen LogP contribution is 2.23. The van der Waals surface area contributed by atoms with Gasteiger partial charge in [-0.1, -0.05) is 25.1 Å². The van der Waals surface area contributed by atoms with Crippen molar-refractivity contribution in [3.63, 3.8) is 0 Å². The molecule has 1 aromatic carbocycles. The summed E-state index contributed by atoms with van der Waals surface area (Å²) < 4.78 is 1.95. The van der Waals surface area contributed by atoms with Crippen molar-refractivity contribution in [3.05, 3.63) is 72.3 Å². The van der Waals surface area contributed by atoms with Gasteiger partial charge in [0, 0.05) is 12.4 Å².